The number of halogens is 1. The molecule has 1 aromatic rings. The number of aliphatic hydroxyl groups excluding tert-OH is 1. The number of carbonyl (C=O) groups is 1. The van der Waals surface area contributed by atoms with Gasteiger partial charge in [0.15, 0.2) is 0 Å². The van der Waals surface area contributed by atoms with E-state index >= 15 is 0 Å². The number of aromatic nitrogens is 1. The Morgan fingerprint density at radius 2 is 2.04 bits per heavy atom. The van der Waals surface area contributed by atoms with Gasteiger partial charge in [-0.25, -0.2) is 4.98 Å². The van der Waals surface area contributed by atoms with Crippen molar-refractivity contribution in [1.82, 2.24) is 15.2 Å². The molecule has 1 aliphatic carbocycles. The van der Waals surface area contributed by atoms with Crippen LogP contribution in [0.1, 0.15) is 48.9 Å². The predicted molar refractivity (Wildman–Crippen MR) is 107 cm³/mol. The Morgan fingerprint density at radius 1 is 1.31 bits per heavy atom. The zero-order valence-corrected chi connectivity index (χ0v) is 17.2. The molecule has 0 aromatic carbocycles. The normalized spacial score (nSPS) is 24.5. The van der Waals surface area contributed by atoms with Crippen LogP contribution in [0.3, 0.4) is 0 Å². The Labute approximate surface area is 164 Å². The van der Waals surface area contributed by atoms with E-state index in [4.69, 9.17) is 0 Å². The Bertz CT molecular complexity index is 634. The fraction of sp³-hybridized carbons (Fsp3) is 0.684. The molecule has 1 amide bonds. The molecule has 7 heteroatoms. The van der Waals surface area contributed by atoms with Gasteiger partial charge >= 0.3 is 0 Å². The van der Waals surface area contributed by atoms with E-state index in [1.807, 2.05) is 11.0 Å². The lowest BCUT2D eigenvalue weighted by Gasteiger charge is -2.40. The lowest BCUT2D eigenvalue weighted by atomic mass is 9.92. The van der Waals surface area contributed by atoms with Gasteiger partial charge in [0.05, 0.1) is 11.7 Å². The Morgan fingerprint density at radius 3 is 2.69 bits per heavy atom. The van der Waals surface area contributed by atoms with E-state index in [0.29, 0.717) is 24.0 Å². The highest BCUT2D eigenvalue weighted by atomic mass is 79.9. The number of β-amino-alcohol motifs (C(OH)–C–C–N with tert-alkyl or cyclic N) is 1. The smallest absolute Gasteiger partial charge is 0.257 e. The number of nitrogens with zero attached hydrogens (tertiary/aromatic N) is 3. The summed E-state index contributed by atoms with van der Waals surface area (Å²) in [6.07, 6.45) is 8.42. The third kappa shape index (κ3) is 4.56. The summed E-state index contributed by atoms with van der Waals surface area (Å²) in [6, 6.07) is 2.47. The van der Waals surface area contributed by atoms with Crippen molar-refractivity contribution in [3.63, 3.8) is 0 Å². The molecule has 0 bridgehead atoms. The third-order valence-corrected chi connectivity index (χ3v) is 5.84. The van der Waals surface area contributed by atoms with Crippen LogP contribution in [0, 0.1) is 0 Å². The first kappa shape index (κ1) is 19.6. The van der Waals surface area contributed by atoms with E-state index in [2.05, 4.69) is 26.2 Å². The van der Waals surface area contributed by atoms with Gasteiger partial charge in [0, 0.05) is 49.9 Å². The monoisotopic (exact) mass is 424 g/mol. The molecule has 1 saturated carbocycles. The van der Waals surface area contributed by atoms with E-state index in [9.17, 15) is 9.90 Å². The van der Waals surface area contributed by atoms with Crippen LogP contribution in [-0.2, 0) is 0 Å². The molecule has 6 nitrogen and oxygen atoms in total. The first-order chi connectivity index (χ1) is 12.5. The van der Waals surface area contributed by atoms with E-state index in [-0.39, 0.29) is 11.9 Å². The van der Waals surface area contributed by atoms with Crippen LogP contribution in [0.2, 0.25) is 0 Å². The molecule has 1 aliphatic heterocycles. The SMILES string of the molecule is CN(C)C(=O)c1cc(Br)cnc1N1CCC(NC2CCCCC2)[C@H](O)C1. The lowest BCUT2D eigenvalue weighted by Crippen LogP contribution is -2.55. The molecule has 2 heterocycles. The van der Waals surface area contributed by atoms with Crippen molar-refractivity contribution in [1.29, 1.82) is 0 Å². The molecular weight excluding hydrogens is 396 g/mol. The topological polar surface area (TPSA) is 68.7 Å². The van der Waals surface area contributed by atoms with E-state index in [1.165, 1.54) is 32.1 Å². The number of hydrogen-bond acceptors (Lipinski definition) is 5. The minimum absolute atomic E-state index is 0.0780. The van der Waals surface area contributed by atoms with Crippen LogP contribution < -0.4 is 10.2 Å². The lowest BCUT2D eigenvalue weighted by molar-refractivity contribution is 0.0825. The molecule has 0 spiro atoms. The molecule has 1 aromatic heterocycles. The van der Waals surface area contributed by atoms with E-state index < -0.39 is 6.10 Å². The van der Waals surface area contributed by atoms with E-state index in [1.54, 1.807) is 25.2 Å². The average molecular weight is 425 g/mol. The average Bonchev–Trinajstić information content (AvgIpc) is 2.63. The largest absolute Gasteiger partial charge is 0.390 e. The third-order valence-electron chi connectivity index (χ3n) is 5.41. The molecular formula is C19H29BrN4O2. The fourth-order valence-corrected chi connectivity index (χ4v) is 4.30. The van der Waals surface area contributed by atoms with Crippen LogP contribution >= 0.6 is 15.9 Å². The molecule has 1 unspecified atom stereocenters. The number of pyridine rings is 1. The summed E-state index contributed by atoms with van der Waals surface area (Å²) in [5.74, 6) is 0.577. The number of carbonyl (C=O) groups excluding carboxylic acids is 1. The predicted octanol–water partition coefficient (Wildman–Crippen LogP) is 2.41. The van der Waals surface area contributed by atoms with Crippen molar-refractivity contribution in [2.75, 3.05) is 32.1 Å². The molecule has 2 fully saturated rings. The Hall–Kier alpha value is -1.18. The first-order valence-electron chi connectivity index (χ1n) is 9.52. The van der Waals surface area contributed by atoms with Gasteiger partial charge in [-0.3, -0.25) is 4.79 Å². The second-order valence-electron chi connectivity index (χ2n) is 7.63. The summed E-state index contributed by atoms with van der Waals surface area (Å²) < 4.78 is 0.779. The fourth-order valence-electron chi connectivity index (χ4n) is 3.97. The zero-order valence-electron chi connectivity index (χ0n) is 15.6. The quantitative estimate of drug-likeness (QED) is 0.776. The number of anilines is 1. The van der Waals surface area contributed by atoms with Crippen LogP contribution in [0.25, 0.3) is 0 Å². The molecule has 2 aliphatic rings. The van der Waals surface area contributed by atoms with Gasteiger partial charge in [-0.05, 0) is 41.3 Å². The maximum atomic E-state index is 12.5. The van der Waals surface area contributed by atoms with Crippen molar-refractivity contribution in [2.45, 2.75) is 56.7 Å². The zero-order chi connectivity index (χ0) is 18.7. The summed E-state index contributed by atoms with van der Waals surface area (Å²) in [5.41, 5.74) is 0.565. The number of nitrogens with one attached hydrogen (secondary N) is 1. The highest BCUT2D eigenvalue weighted by molar-refractivity contribution is 9.10. The van der Waals surface area contributed by atoms with Gasteiger partial charge in [0.25, 0.3) is 5.91 Å². The first-order valence-corrected chi connectivity index (χ1v) is 10.3. The van der Waals surface area contributed by atoms with Gasteiger partial charge in [-0.15, -0.1) is 0 Å². The number of piperidine rings is 1. The van der Waals surface area contributed by atoms with Crippen LogP contribution in [0.5, 0.6) is 0 Å². The molecule has 3 rings (SSSR count). The van der Waals surface area contributed by atoms with Gasteiger partial charge < -0.3 is 20.2 Å². The second kappa shape index (κ2) is 8.67. The Balaban J connectivity index is 1.69. The number of aliphatic hydroxyl groups is 1. The number of rotatable bonds is 4. The molecule has 1 saturated heterocycles. The van der Waals surface area contributed by atoms with Gasteiger partial charge in [-0.2, -0.15) is 0 Å². The van der Waals surface area contributed by atoms with Gasteiger partial charge in [0.1, 0.15) is 5.82 Å². The van der Waals surface area contributed by atoms with Crippen molar-refractivity contribution in [2.24, 2.45) is 0 Å². The van der Waals surface area contributed by atoms with Gasteiger partial charge in [0.2, 0.25) is 0 Å². The minimum atomic E-state index is -0.460. The minimum Gasteiger partial charge on any atom is -0.390 e. The van der Waals surface area contributed by atoms with Crippen molar-refractivity contribution < 1.29 is 9.90 Å². The molecule has 144 valence electrons. The van der Waals surface area contributed by atoms with Crippen LogP contribution in [0.15, 0.2) is 16.7 Å². The van der Waals surface area contributed by atoms with Crippen molar-refractivity contribution >= 4 is 27.7 Å². The Kier molecular flexibility index (Phi) is 6.53. The summed E-state index contributed by atoms with van der Waals surface area (Å²) in [7, 11) is 3.48. The standard InChI is InChI=1S/C19H29BrN4O2/c1-23(2)19(26)15-10-13(20)11-21-18(15)24-9-8-16(17(25)12-24)22-14-6-4-3-5-7-14/h10-11,14,16-17,22,25H,3-9,12H2,1-2H3/t16?,17-/m1/s1. The number of hydrogen-bond donors (Lipinski definition) is 2. The molecule has 0 radical (unpaired) electrons. The van der Waals surface area contributed by atoms with Crippen molar-refractivity contribution in [3.05, 3.63) is 22.3 Å². The maximum Gasteiger partial charge on any atom is 0.257 e. The van der Waals surface area contributed by atoms with E-state index in [0.717, 1.165) is 17.4 Å². The molecule has 2 atom stereocenters. The summed E-state index contributed by atoms with van der Waals surface area (Å²) in [4.78, 5) is 20.6. The van der Waals surface area contributed by atoms with Gasteiger partial charge in [-0.1, -0.05) is 19.3 Å². The summed E-state index contributed by atoms with van der Waals surface area (Å²) in [6.45, 7) is 1.27. The van der Waals surface area contributed by atoms with Crippen LogP contribution in [-0.4, -0.2) is 66.3 Å². The summed E-state index contributed by atoms with van der Waals surface area (Å²) >= 11 is 3.40. The second-order valence-corrected chi connectivity index (χ2v) is 8.55. The maximum absolute atomic E-state index is 12.5. The van der Waals surface area contributed by atoms with Crippen molar-refractivity contribution in [3.8, 4) is 0 Å². The highest BCUT2D eigenvalue weighted by Crippen LogP contribution is 2.27. The highest BCUT2D eigenvalue weighted by Gasteiger charge is 2.32. The number of amides is 1. The molecule has 26 heavy (non-hydrogen) atoms. The summed E-state index contributed by atoms with van der Waals surface area (Å²) in [5, 5.41) is 14.4. The van der Waals surface area contributed by atoms with Crippen LogP contribution in [0.4, 0.5) is 5.82 Å². The molecule has 2 N–H and O–H groups in total.